The van der Waals surface area contributed by atoms with Gasteiger partial charge < -0.3 is 15.0 Å². The maximum absolute atomic E-state index is 12.0. The molecule has 0 saturated carbocycles. The minimum atomic E-state index is 0.0437. The van der Waals surface area contributed by atoms with E-state index in [-0.39, 0.29) is 5.91 Å². The van der Waals surface area contributed by atoms with Crippen LogP contribution in [-0.2, 0) is 11.3 Å². The average molecular weight is 348 g/mol. The van der Waals surface area contributed by atoms with Crippen molar-refractivity contribution in [1.29, 1.82) is 0 Å². The molecule has 128 valence electrons. The van der Waals surface area contributed by atoms with E-state index in [1.165, 1.54) is 5.56 Å². The molecule has 0 aliphatic carbocycles. The number of aryl methyl sites for hydroxylation is 1. The number of benzene rings is 2. The molecule has 0 bridgehead atoms. The van der Waals surface area contributed by atoms with Gasteiger partial charge in [0.2, 0.25) is 0 Å². The van der Waals surface area contributed by atoms with Crippen molar-refractivity contribution in [2.45, 2.75) is 13.5 Å². The Labute approximate surface area is 148 Å². The van der Waals surface area contributed by atoms with Crippen molar-refractivity contribution in [2.24, 2.45) is 0 Å². The van der Waals surface area contributed by atoms with E-state index in [9.17, 15) is 4.79 Å². The van der Waals surface area contributed by atoms with Gasteiger partial charge in [-0.3, -0.25) is 4.79 Å². The molecular weight excluding hydrogens is 324 g/mol. The van der Waals surface area contributed by atoms with E-state index in [0.717, 1.165) is 22.8 Å². The van der Waals surface area contributed by atoms with Gasteiger partial charge in [0, 0.05) is 11.6 Å². The molecular formula is C19H24ClN2O2+. The Bertz CT molecular complexity index is 659. The van der Waals surface area contributed by atoms with Gasteiger partial charge in [-0.05, 0) is 42.3 Å². The van der Waals surface area contributed by atoms with Crippen LogP contribution in [0.1, 0.15) is 11.1 Å². The number of ether oxygens (including phenoxy) is 1. The summed E-state index contributed by atoms with van der Waals surface area (Å²) >= 11 is 5.83. The lowest BCUT2D eigenvalue weighted by Gasteiger charge is -2.15. The monoisotopic (exact) mass is 347 g/mol. The van der Waals surface area contributed by atoms with E-state index in [2.05, 4.69) is 5.32 Å². The molecule has 0 heterocycles. The molecule has 1 amide bonds. The van der Waals surface area contributed by atoms with Gasteiger partial charge in [0.15, 0.2) is 6.54 Å². The van der Waals surface area contributed by atoms with Crippen LogP contribution in [0.4, 0.5) is 0 Å². The Balaban J connectivity index is 1.66. The second-order valence-electron chi connectivity index (χ2n) is 5.89. The van der Waals surface area contributed by atoms with E-state index in [0.29, 0.717) is 24.7 Å². The number of hydrogen-bond acceptors (Lipinski definition) is 2. The van der Waals surface area contributed by atoms with E-state index in [1.54, 1.807) is 12.1 Å². The molecule has 0 aliphatic rings. The Kier molecular flexibility index (Phi) is 7.09. The molecule has 2 aromatic carbocycles. The summed E-state index contributed by atoms with van der Waals surface area (Å²) in [4.78, 5) is 13.1. The molecule has 1 unspecified atom stereocenters. The SMILES string of the molecule is Cc1ccccc1CNC(=O)C[NH+](C)CCOc1ccc(Cl)cc1. The number of carbonyl (C=O) groups excluding carboxylic acids is 1. The van der Waals surface area contributed by atoms with Gasteiger partial charge in [-0.25, -0.2) is 0 Å². The van der Waals surface area contributed by atoms with Crippen LogP contribution in [0.25, 0.3) is 0 Å². The predicted octanol–water partition coefficient (Wildman–Crippen LogP) is 1.86. The lowest BCUT2D eigenvalue weighted by Crippen LogP contribution is -3.10. The number of rotatable bonds is 8. The van der Waals surface area contributed by atoms with Gasteiger partial charge in [-0.2, -0.15) is 0 Å². The fourth-order valence-corrected chi connectivity index (χ4v) is 2.43. The van der Waals surface area contributed by atoms with E-state index in [4.69, 9.17) is 16.3 Å². The van der Waals surface area contributed by atoms with E-state index >= 15 is 0 Å². The second kappa shape index (κ2) is 9.30. The zero-order valence-electron chi connectivity index (χ0n) is 14.1. The molecule has 5 heteroatoms. The molecule has 0 spiro atoms. The molecule has 2 N–H and O–H groups in total. The Morgan fingerprint density at radius 2 is 1.88 bits per heavy atom. The standard InChI is InChI=1S/C19H23ClN2O2/c1-15-5-3-4-6-16(15)13-21-19(23)14-22(2)11-12-24-18-9-7-17(20)8-10-18/h3-10H,11-14H2,1-2H3,(H,21,23)/p+1. The van der Waals surface area contributed by atoms with Gasteiger partial charge in [0.05, 0.1) is 7.05 Å². The van der Waals surface area contributed by atoms with Crippen LogP contribution >= 0.6 is 11.6 Å². The van der Waals surface area contributed by atoms with Crippen LogP contribution in [-0.4, -0.2) is 32.7 Å². The minimum absolute atomic E-state index is 0.0437. The topological polar surface area (TPSA) is 42.8 Å². The van der Waals surface area contributed by atoms with Crippen molar-refractivity contribution in [3.05, 3.63) is 64.7 Å². The summed E-state index contributed by atoms with van der Waals surface area (Å²) in [5.41, 5.74) is 2.34. The number of carbonyl (C=O) groups is 1. The first kappa shape index (κ1) is 18.3. The predicted molar refractivity (Wildman–Crippen MR) is 96.6 cm³/mol. The third kappa shape index (κ3) is 6.22. The summed E-state index contributed by atoms with van der Waals surface area (Å²) in [6.45, 7) is 4.35. The molecule has 1 atom stereocenters. The van der Waals surface area contributed by atoms with Crippen LogP contribution in [0.3, 0.4) is 0 Å². The van der Waals surface area contributed by atoms with Crippen molar-refractivity contribution in [1.82, 2.24) is 5.32 Å². The van der Waals surface area contributed by atoms with Gasteiger partial charge in [-0.1, -0.05) is 35.9 Å². The Hall–Kier alpha value is -2.04. The first-order chi connectivity index (χ1) is 11.5. The number of nitrogens with one attached hydrogen (secondary N) is 2. The highest BCUT2D eigenvalue weighted by Crippen LogP contribution is 2.14. The molecule has 2 aromatic rings. The Morgan fingerprint density at radius 3 is 2.58 bits per heavy atom. The summed E-state index contributed by atoms with van der Waals surface area (Å²) in [6, 6.07) is 15.3. The normalized spacial score (nSPS) is 11.8. The summed E-state index contributed by atoms with van der Waals surface area (Å²) in [7, 11) is 1.98. The van der Waals surface area contributed by atoms with Crippen molar-refractivity contribution in [3.63, 3.8) is 0 Å². The Morgan fingerprint density at radius 1 is 1.17 bits per heavy atom. The average Bonchev–Trinajstić information content (AvgIpc) is 2.56. The van der Waals surface area contributed by atoms with Crippen LogP contribution in [0.5, 0.6) is 5.75 Å². The van der Waals surface area contributed by atoms with Crippen LogP contribution in [0, 0.1) is 6.92 Å². The van der Waals surface area contributed by atoms with E-state index < -0.39 is 0 Å². The fourth-order valence-electron chi connectivity index (χ4n) is 2.30. The lowest BCUT2D eigenvalue weighted by atomic mass is 10.1. The van der Waals surface area contributed by atoms with Crippen molar-refractivity contribution in [3.8, 4) is 5.75 Å². The summed E-state index contributed by atoms with van der Waals surface area (Å²) < 4.78 is 5.65. The highest BCUT2D eigenvalue weighted by atomic mass is 35.5. The smallest absolute Gasteiger partial charge is 0.275 e. The summed E-state index contributed by atoms with van der Waals surface area (Å²) in [6.07, 6.45) is 0. The zero-order valence-corrected chi connectivity index (χ0v) is 14.9. The highest BCUT2D eigenvalue weighted by molar-refractivity contribution is 6.30. The molecule has 2 rings (SSSR count). The molecule has 24 heavy (non-hydrogen) atoms. The minimum Gasteiger partial charge on any atom is -0.488 e. The molecule has 4 nitrogen and oxygen atoms in total. The van der Waals surface area contributed by atoms with Crippen molar-refractivity contribution in [2.75, 3.05) is 26.7 Å². The van der Waals surface area contributed by atoms with Crippen LogP contribution in [0.15, 0.2) is 48.5 Å². The lowest BCUT2D eigenvalue weighted by molar-refractivity contribution is -0.871. The molecule has 0 radical (unpaired) electrons. The number of quaternary nitrogens is 1. The van der Waals surface area contributed by atoms with Crippen molar-refractivity contribution >= 4 is 17.5 Å². The molecule has 0 aromatic heterocycles. The largest absolute Gasteiger partial charge is 0.488 e. The van der Waals surface area contributed by atoms with Gasteiger partial charge in [0.1, 0.15) is 18.9 Å². The van der Waals surface area contributed by atoms with Gasteiger partial charge >= 0.3 is 0 Å². The van der Waals surface area contributed by atoms with E-state index in [1.807, 2.05) is 50.4 Å². The first-order valence-electron chi connectivity index (χ1n) is 8.05. The second-order valence-corrected chi connectivity index (χ2v) is 6.33. The fraction of sp³-hybridized carbons (Fsp3) is 0.316. The number of amides is 1. The maximum atomic E-state index is 12.0. The summed E-state index contributed by atoms with van der Waals surface area (Å²) in [5.74, 6) is 0.832. The van der Waals surface area contributed by atoms with Gasteiger partial charge in [-0.15, -0.1) is 0 Å². The number of likely N-dealkylation sites (N-methyl/N-ethyl adjacent to an activating group) is 1. The van der Waals surface area contributed by atoms with Gasteiger partial charge in [0.25, 0.3) is 5.91 Å². The maximum Gasteiger partial charge on any atom is 0.275 e. The summed E-state index contributed by atoms with van der Waals surface area (Å²) in [5, 5.41) is 3.66. The third-order valence-corrected chi connectivity index (χ3v) is 4.06. The molecule has 0 aliphatic heterocycles. The first-order valence-corrected chi connectivity index (χ1v) is 8.43. The third-order valence-electron chi connectivity index (χ3n) is 3.81. The van der Waals surface area contributed by atoms with Crippen molar-refractivity contribution < 1.29 is 14.4 Å². The molecule has 0 saturated heterocycles. The number of halogens is 1. The highest BCUT2D eigenvalue weighted by Gasteiger charge is 2.10. The van der Waals surface area contributed by atoms with Crippen LogP contribution < -0.4 is 15.0 Å². The van der Waals surface area contributed by atoms with Crippen LogP contribution in [0.2, 0.25) is 5.02 Å². The quantitative estimate of drug-likeness (QED) is 0.765. The zero-order chi connectivity index (χ0) is 17.4. The molecule has 0 fully saturated rings. The number of hydrogen-bond donors (Lipinski definition) is 2.